The molecule has 4 rings (SSSR count). The highest BCUT2D eigenvalue weighted by atomic mass is 16.3. The summed E-state index contributed by atoms with van der Waals surface area (Å²) in [5.41, 5.74) is 4.62. The van der Waals surface area contributed by atoms with Crippen LogP contribution in [0.2, 0.25) is 0 Å². The monoisotopic (exact) mass is 426 g/mol. The first-order valence-electron chi connectivity index (χ1n) is 13.6. The van der Waals surface area contributed by atoms with Gasteiger partial charge in [0.2, 0.25) is 0 Å². The number of aliphatic hydroxyl groups excluding tert-OH is 1. The third kappa shape index (κ3) is 4.85. The molecule has 0 heterocycles. The van der Waals surface area contributed by atoms with Crippen molar-refractivity contribution in [3.05, 3.63) is 28.8 Å². The van der Waals surface area contributed by atoms with Crippen molar-refractivity contribution >= 4 is 0 Å². The zero-order valence-electron chi connectivity index (χ0n) is 20.2. The lowest BCUT2D eigenvalue weighted by atomic mass is 9.55. The van der Waals surface area contributed by atoms with Crippen LogP contribution in [0.4, 0.5) is 0 Å². The summed E-state index contributed by atoms with van der Waals surface area (Å²) in [6, 6.07) is 4.14. The molecule has 2 saturated carbocycles. The maximum Gasteiger partial charge on any atom is 0.116 e. The Morgan fingerprint density at radius 2 is 1.61 bits per heavy atom. The SMILES string of the molecule is CCCCCCCCCCCc1cc(O)cc2c1[C@H]1CC[C@]3(C)[C@@H](O)CC[C@H]3[C@@H]1CC2. The fourth-order valence-electron chi connectivity index (χ4n) is 7.62. The summed E-state index contributed by atoms with van der Waals surface area (Å²) in [6.45, 7) is 4.65. The van der Waals surface area contributed by atoms with Crippen molar-refractivity contribution in [2.24, 2.45) is 17.3 Å². The summed E-state index contributed by atoms with van der Waals surface area (Å²) in [5.74, 6) is 2.54. The molecule has 0 unspecified atom stereocenters. The summed E-state index contributed by atoms with van der Waals surface area (Å²) in [5, 5.41) is 21.1. The molecule has 0 amide bonds. The molecular weight excluding hydrogens is 380 g/mol. The van der Waals surface area contributed by atoms with Gasteiger partial charge in [-0.05, 0) is 103 Å². The van der Waals surface area contributed by atoms with Crippen LogP contribution in [-0.2, 0) is 12.8 Å². The van der Waals surface area contributed by atoms with Gasteiger partial charge in [0.15, 0.2) is 0 Å². The Bertz CT molecular complexity index is 726. The number of phenolic OH excluding ortho intramolecular Hbond substituents is 1. The van der Waals surface area contributed by atoms with E-state index in [9.17, 15) is 10.2 Å². The molecule has 0 aliphatic heterocycles. The Balaban J connectivity index is 1.37. The van der Waals surface area contributed by atoms with Crippen molar-refractivity contribution in [2.75, 3.05) is 0 Å². The van der Waals surface area contributed by atoms with E-state index in [-0.39, 0.29) is 11.5 Å². The predicted octanol–water partition coefficient (Wildman–Crippen LogP) is 7.68. The first-order valence-corrected chi connectivity index (χ1v) is 13.6. The van der Waals surface area contributed by atoms with Gasteiger partial charge in [-0.3, -0.25) is 0 Å². The van der Waals surface area contributed by atoms with Gasteiger partial charge >= 0.3 is 0 Å². The minimum absolute atomic E-state index is 0.0962. The highest BCUT2D eigenvalue weighted by molar-refractivity contribution is 5.46. The van der Waals surface area contributed by atoms with E-state index < -0.39 is 0 Å². The molecule has 2 heteroatoms. The second-order valence-electron chi connectivity index (χ2n) is 11.3. The molecular formula is C29H46O2. The number of aromatic hydroxyl groups is 1. The van der Waals surface area contributed by atoms with Crippen molar-refractivity contribution in [3.63, 3.8) is 0 Å². The number of unbranched alkanes of at least 4 members (excludes halogenated alkanes) is 8. The van der Waals surface area contributed by atoms with Crippen LogP contribution in [0.15, 0.2) is 12.1 Å². The minimum Gasteiger partial charge on any atom is -0.508 e. The standard InChI is InChI=1S/C29H46O2/c1-3-4-5-6-7-8-9-10-11-12-21-19-23(30)20-22-13-14-24-25(28(21)22)17-18-29(2)26(24)15-16-27(29)31/h19-20,24-27,30-31H,3-18H2,1-2H3/t24-,25+,26+,27+,29+/m1/s1. The van der Waals surface area contributed by atoms with Crippen LogP contribution in [0, 0.1) is 17.3 Å². The lowest BCUT2D eigenvalue weighted by Crippen LogP contribution is -2.44. The number of fused-ring (bicyclic) bond motifs is 5. The fraction of sp³-hybridized carbons (Fsp3) is 0.793. The van der Waals surface area contributed by atoms with E-state index in [1.807, 2.05) is 0 Å². The van der Waals surface area contributed by atoms with Gasteiger partial charge in [-0.2, -0.15) is 0 Å². The predicted molar refractivity (Wildman–Crippen MR) is 130 cm³/mol. The lowest BCUT2D eigenvalue weighted by molar-refractivity contribution is -0.0227. The number of aliphatic hydroxyl groups is 1. The molecule has 3 aliphatic rings. The van der Waals surface area contributed by atoms with Crippen LogP contribution in [0.3, 0.4) is 0 Å². The molecule has 1 aromatic carbocycles. The second-order valence-corrected chi connectivity index (χ2v) is 11.3. The normalized spacial score (nSPS) is 31.8. The molecule has 2 fully saturated rings. The fourth-order valence-corrected chi connectivity index (χ4v) is 7.62. The third-order valence-corrected chi connectivity index (χ3v) is 9.39. The van der Waals surface area contributed by atoms with Crippen molar-refractivity contribution in [2.45, 2.75) is 129 Å². The molecule has 0 aromatic heterocycles. The van der Waals surface area contributed by atoms with Gasteiger partial charge in [-0.25, -0.2) is 0 Å². The second kappa shape index (κ2) is 10.3. The van der Waals surface area contributed by atoms with E-state index in [0.29, 0.717) is 17.6 Å². The average Bonchev–Trinajstić information content (AvgIpc) is 3.06. The summed E-state index contributed by atoms with van der Waals surface area (Å²) in [4.78, 5) is 0. The van der Waals surface area contributed by atoms with Crippen LogP contribution >= 0.6 is 0 Å². The molecule has 2 nitrogen and oxygen atoms in total. The number of aryl methyl sites for hydroxylation is 2. The van der Waals surface area contributed by atoms with E-state index in [2.05, 4.69) is 26.0 Å². The maximum absolute atomic E-state index is 10.7. The summed E-state index contributed by atoms with van der Waals surface area (Å²) < 4.78 is 0. The van der Waals surface area contributed by atoms with E-state index in [4.69, 9.17) is 0 Å². The lowest BCUT2D eigenvalue weighted by Gasteiger charge is -2.50. The quantitative estimate of drug-likeness (QED) is 0.377. The highest BCUT2D eigenvalue weighted by Gasteiger charge is 2.54. The summed E-state index contributed by atoms with van der Waals surface area (Å²) in [6.07, 6.45) is 20.2. The van der Waals surface area contributed by atoms with Gasteiger partial charge in [0.05, 0.1) is 6.10 Å². The smallest absolute Gasteiger partial charge is 0.116 e. The zero-order valence-corrected chi connectivity index (χ0v) is 20.2. The molecule has 174 valence electrons. The van der Waals surface area contributed by atoms with Gasteiger partial charge < -0.3 is 10.2 Å². The van der Waals surface area contributed by atoms with Crippen LogP contribution < -0.4 is 0 Å². The van der Waals surface area contributed by atoms with Crippen LogP contribution in [0.1, 0.15) is 126 Å². The van der Waals surface area contributed by atoms with Gasteiger partial charge in [0.25, 0.3) is 0 Å². The van der Waals surface area contributed by atoms with Crippen molar-refractivity contribution in [1.29, 1.82) is 0 Å². The summed E-state index contributed by atoms with van der Waals surface area (Å²) in [7, 11) is 0. The Kier molecular flexibility index (Phi) is 7.68. The van der Waals surface area contributed by atoms with Gasteiger partial charge in [-0.15, -0.1) is 0 Å². The third-order valence-electron chi connectivity index (χ3n) is 9.39. The minimum atomic E-state index is -0.0962. The van der Waals surface area contributed by atoms with Crippen LogP contribution in [0.25, 0.3) is 0 Å². The molecule has 2 N–H and O–H groups in total. The molecule has 3 aliphatic carbocycles. The molecule has 31 heavy (non-hydrogen) atoms. The zero-order chi connectivity index (χ0) is 21.8. The van der Waals surface area contributed by atoms with E-state index in [0.717, 1.165) is 31.6 Å². The van der Waals surface area contributed by atoms with Crippen molar-refractivity contribution < 1.29 is 10.2 Å². The number of rotatable bonds is 10. The van der Waals surface area contributed by atoms with E-state index >= 15 is 0 Å². The average molecular weight is 427 g/mol. The highest BCUT2D eigenvalue weighted by Crippen LogP contribution is 2.61. The largest absolute Gasteiger partial charge is 0.508 e. The topological polar surface area (TPSA) is 40.5 Å². The number of hydrogen-bond acceptors (Lipinski definition) is 2. The first kappa shape index (κ1) is 23.1. The molecule has 5 atom stereocenters. The van der Waals surface area contributed by atoms with Gasteiger partial charge in [0.1, 0.15) is 5.75 Å². The molecule has 0 spiro atoms. The van der Waals surface area contributed by atoms with Crippen LogP contribution in [-0.4, -0.2) is 16.3 Å². The van der Waals surface area contributed by atoms with E-state index in [1.54, 1.807) is 5.56 Å². The van der Waals surface area contributed by atoms with Crippen molar-refractivity contribution in [1.82, 2.24) is 0 Å². The molecule has 0 radical (unpaired) electrons. The Labute approximate surface area is 190 Å². The Morgan fingerprint density at radius 1 is 0.903 bits per heavy atom. The molecule has 1 aromatic rings. The maximum atomic E-state index is 10.7. The van der Waals surface area contributed by atoms with Gasteiger partial charge in [0, 0.05) is 0 Å². The number of hydrogen-bond donors (Lipinski definition) is 2. The van der Waals surface area contributed by atoms with Crippen molar-refractivity contribution in [3.8, 4) is 5.75 Å². The van der Waals surface area contributed by atoms with Crippen LogP contribution in [0.5, 0.6) is 5.75 Å². The molecule has 0 bridgehead atoms. The van der Waals surface area contributed by atoms with E-state index in [1.165, 1.54) is 88.2 Å². The van der Waals surface area contributed by atoms with Gasteiger partial charge in [-0.1, -0.05) is 65.2 Å². The number of phenols is 1. The Morgan fingerprint density at radius 3 is 2.35 bits per heavy atom. The Hall–Kier alpha value is -1.02. The first-order chi connectivity index (χ1) is 15.0. The molecule has 0 saturated heterocycles. The summed E-state index contributed by atoms with van der Waals surface area (Å²) >= 11 is 0. The number of benzene rings is 1.